The number of hydrogen-bond acceptors (Lipinski definition) is 4. The Morgan fingerprint density at radius 1 is 1.27 bits per heavy atom. The lowest BCUT2D eigenvalue weighted by Gasteiger charge is -2.29. The van der Waals surface area contributed by atoms with Crippen molar-refractivity contribution in [2.75, 3.05) is 20.2 Å². The van der Waals surface area contributed by atoms with Crippen LogP contribution in [0, 0.1) is 0 Å². The molecule has 2 heterocycles. The molecule has 1 amide bonds. The Kier molecular flexibility index (Phi) is 4.45. The van der Waals surface area contributed by atoms with Crippen LogP contribution in [-0.4, -0.2) is 37.0 Å². The first-order valence-electron chi connectivity index (χ1n) is 7.47. The lowest BCUT2D eigenvalue weighted by molar-refractivity contribution is 0.0716. The summed E-state index contributed by atoms with van der Waals surface area (Å²) in [6, 6.07) is 12.2. The van der Waals surface area contributed by atoms with Gasteiger partial charge < -0.3 is 15.4 Å². The molecule has 1 aromatic heterocycles. The van der Waals surface area contributed by atoms with Crippen LogP contribution < -0.4 is 10.5 Å². The minimum Gasteiger partial charge on any atom is -0.495 e. The van der Waals surface area contributed by atoms with Crippen molar-refractivity contribution < 1.29 is 9.53 Å². The van der Waals surface area contributed by atoms with Gasteiger partial charge in [0, 0.05) is 24.0 Å². The van der Waals surface area contributed by atoms with Crippen LogP contribution in [0.4, 0.5) is 0 Å². The van der Waals surface area contributed by atoms with E-state index < -0.39 is 0 Å². The fourth-order valence-electron chi connectivity index (χ4n) is 2.67. The number of piperidine rings is 1. The molecule has 22 heavy (non-hydrogen) atoms. The number of carbonyl (C=O) groups is 1. The van der Waals surface area contributed by atoms with Crippen LogP contribution in [0.2, 0.25) is 0 Å². The lowest BCUT2D eigenvalue weighted by Crippen LogP contribution is -2.42. The Balaban J connectivity index is 1.87. The molecule has 1 saturated heterocycles. The van der Waals surface area contributed by atoms with Gasteiger partial charge in [0.2, 0.25) is 0 Å². The fourth-order valence-corrected chi connectivity index (χ4v) is 3.76. The zero-order valence-corrected chi connectivity index (χ0v) is 13.4. The van der Waals surface area contributed by atoms with E-state index >= 15 is 0 Å². The van der Waals surface area contributed by atoms with Gasteiger partial charge in [-0.1, -0.05) is 30.3 Å². The molecule has 0 radical (unpaired) electrons. The Bertz CT molecular complexity index is 646. The number of likely N-dealkylation sites (tertiary alicyclic amines) is 1. The van der Waals surface area contributed by atoms with E-state index in [0.717, 1.165) is 36.4 Å². The number of nitrogens with zero attached hydrogens (tertiary/aromatic N) is 1. The Morgan fingerprint density at radius 3 is 2.59 bits per heavy atom. The second kappa shape index (κ2) is 6.50. The highest BCUT2D eigenvalue weighted by Gasteiger charge is 2.26. The summed E-state index contributed by atoms with van der Waals surface area (Å²) in [5, 5.41) is 0. The molecule has 1 aliphatic heterocycles. The molecule has 4 nitrogen and oxygen atoms in total. The van der Waals surface area contributed by atoms with Crippen LogP contribution in [0.25, 0.3) is 10.4 Å². The number of amides is 1. The number of rotatable bonds is 3. The fraction of sp³-hybridized carbons (Fsp3) is 0.353. The van der Waals surface area contributed by atoms with Gasteiger partial charge in [-0.3, -0.25) is 4.79 Å². The lowest BCUT2D eigenvalue weighted by atomic mass is 10.1. The normalized spacial score (nSPS) is 15.8. The molecule has 0 unspecified atom stereocenters. The molecule has 1 aliphatic rings. The molecule has 5 heteroatoms. The van der Waals surface area contributed by atoms with Gasteiger partial charge in [0.05, 0.1) is 7.11 Å². The molecular weight excluding hydrogens is 296 g/mol. The molecule has 2 N–H and O–H groups in total. The molecule has 3 rings (SSSR count). The van der Waals surface area contributed by atoms with E-state index in [9.17, 15) is 4.79 Å². The van der Waals surface area contributed by atoms with Gasteiger partial charge in [0.15, 0.2) is 0 Å². The van der Waals surface area contributed by atoms with Crippen molar-refractivity contribution in [1.29, 1.82) is 0 Å². The van der Waals surface area contributed by atoms with Gasteiger partial charge >= 0.3 is 0 Å². The van der Waals surface area contributed by atoms with E-state index in [1.54, 1.807) is 7.11 Å². The number of ether oxygens (including phenoxy) is 1. The third-order valence-electron chi connectivity index (χ3n) is 4.00. The summed E-state index contributed by atoms with van der Waals surface area (Å²) in [6.07, 6.45) is 1.73. The number of benzene rings is 1. The van der Waals surface area contributed by atoms with E-state index in [1.165, 1.54) is 11.3 Å². The monoisotopic (exact) mass is 316 g/mol. The molecule has 0 atom stereocenters. The van der Waals surface area contributed by atoms with Crippen molar-refractivity contribution in [3.63, 3.8) is 0 Å². The Labute approximate surface area is 134 Å². The predicted molar refractivity (Wildman–Crippen MR) is 89.4 cm³/mol. The Hall–Kier alpha value is -1.85. The van der Waals surface area contributed by atoms with Gasteiger partial charge in [-0.15, -0.1) is 11.3 Å². The second-order valence-corrected chi connectivity index (χ2v) is 6.56. The topological polar surface area (TPSA) is 55.6 Å². The first-order valence-corrected chi connectivity index (χ1v) is 8.29. The summed E-state index contributed by atoms with van der Waals surface area (Å²) in [4.78, 5) is 16.4. The van der Waals surface area contributed by atoms with Crippen LogP contribution in [-0.2, 0) is 0 Å². The summed E-state index contributed by atoms with van der Waals surface area (Å²) in [5.74, 6) is 0.708. The van der Waals surface area contributed by atoms with E-state index in [1.807, 2.05) is 41.3 Å². The van der Waals surface area contributed by atoms with Crippen molar-refractivity contribution in [3.05, 3.63) is 41.3 Å². The van der Waals surface area contributed by atoms with Crippen LogP contribution in [0.15, 0.2) is 36.4 Å². The van der Waals surface area contributed by atoms with Crippen LogP contribution >= 0.6 is 11.3 Å². The molecule has 116 valence electrons. The summed E-state index contributed by atoms with van der Waals surface area (Å²) in [6.45, 7) is 1.45. The standard InChI is InChI=1S/C17H20N2O2S/c1-21-14-11-15(12-5-3-2-4-6-12)22-16(14)17(20)19-9-7-13(18)8-10-19/h2-6,11,13H,7-10,18H2,1H3. The number of methoxy groups -OCH3 is 1. The highest BCUT2D eigenvalue weighted by atomic mass is 32.1. The highest BCUT2D eigenvalue weighted by Crippen LogP contribution is 2.37. The van der Waals surface area contributed by atoms with E-state index in [-0.39, 0.29) is 11.9 Å². The molecule has 0 bridgehead atoms. The van der Waals surface area contributed by atoms with E-state index in [4.69, 9.17) is 10.5 Å². The third-order valence-corrected chi connectivity index (χ3v) is 5.15. The first-order chi connectivity index (χ1) is 10.7. The maximum Gasteiger partial charge on any atom is 0.267 e. The molecule has 0 saturated carbocycles. The molecule has 0 aliphatic carbocycles. The molecule has 1 fully saturated rings. The maximum atomic E-state index is 12.7. The van der Waals surface area contributed by atoms with Gasteiger partial charge in [-0.05, 0) is 24.5 Å². The van der Waals surface area contributed by atoms with E-state index in [0.29, 0.717) is 10.6 Å². The SMILES string of the molecule is COc1cc(-c2ccccc2)sc1C(=O)N1CCC(N)CC1. The molecule has 2 aromatic rings. The average molecular weight is 316 g/mol. The van der Waals surface area contributed by atoms with Crippen molar-refractivity contribution in [2.24, 2.45) is 5.73 Å². The minimum atomic E-state index is 0.0518. The summed E-state index contributed by atoms with van der Waals surface area (Å²) in [5.41, 5.74) is 7.01. The number of hydrogen-bond donors (Lipinski definition) is 1. The smallest absolute Gasteiger partial charge is 0.267 e. The predicted octanol–water partition coefficient (Wildman–Crippen LogP) is 2.99. The number of nitrogens with two attached hydrogens (primary N) is 1. The second-order valence-electron chi connectivity index (χ2n) is 5.50. The molecule has 0 spiro atoms. The quantitative estimate of drug-likeness (QED) is 0.947. The zero-order valence-electron chi connectivity index (χ0n) is 12.6. The van der Waals surface area contributed by atoms with Crippen LogP contribution in [0.1, 0.15) is 22.5 Å². The van der Waals surface area contributed by atoms with Crippen LogP contribution in [0.3, 0.4) is 0 Å². The number of carbonyl (C=O) groups excluding carboxylic acids is 1. The van der Waals surface area contributed by atoms with Gasteiger partial charge in [-0.2, -0.15) is 0 Å². The van der Waals surface area contributed by atoms with Crippen LogP contribution in [0.5, 0.6) is 5.75 Å². The summed E-state index contributed by atoms with van der Waals surface area (Å²) < 4.78 is 5.42. The average Bonchev–Trinajstić information content (AvgIpc) is 3.00. The summed E-state index contributed by atoms with van der Waals surface area (Å²) in [7, 11) is 1.61. The zero-order chi connectivity index (χ0) is 15.5. The number of thiophene rings is 1. The summed E-state index contributed by atoms with van der Waals surface area (Å²) >= 11 is 1.49. The van der Waals surface area contributed by atoms with Crippen molar-refractivity contribution in [1.82, 2.24) is 4.90 Å². The van der Waals surface area contributed by atoms with Crippen molar-refractivity contribution >= 4 is 17.2 Å². The molecular formula is C17H20N2O2S. The van der Waals surface area contributed by atoms with Gasteiger partial charge in [-0.25, -0.2) is 0 Å². The maximum absolute atomic E-state index is 12.7. The molecule has 1 aromatic carbocycles. The van der Waals surface area contributed by atoms with Crippen molar-refractivity contribution in [3.8, 4) is 16.2 Å². The van der Waals surface area contributed by atoms with Gasteiger partial charge in [0.25, 0.3) is 5.91 Å². The van der Waals surface area contributed by atoms with Crippen molar-refractivity contribution in [2.45, 2.75) is 18.9 Å². The minimum absolute atomic E-state index is 0.0518. The highest BCUT2D eigenvalue weighted by molar-refractivity contribution is 7.17. The Morgan fingerprint density at radius 2 is 1.95 bits per heavy atom. The third kappa shape index (κ3) is 3.00. The van der Waals surface area contributed by atoms with Gasteiger partial charge in [0.1, 0.15) is 10.6 Å². The first kappa shape index (κ1) is 15.1. The van der Waals surface area contributed by atoms with E-state index in [2.05, 4.69) is 0 Å². The largest absolute Gasteiger partial charge is 0.495 e.